The maximum atomic E-state index is 12.7. The first-order chi connectivity index (χ1) is 12.3. The number of thiophene rings is 1. The lowest BCUT2D eigenvalue weighted by Gasteiger charge is -2.15. The van der Waals surface area contributed by atoms with Gasteiger partial charge in [-0.1, -0.05) is 23.7 Å². The fourth-order valence-electron chi connectivity index (χ4n) is 2.58. The smallest absolute Gasteiger partial charge is 0.253 e. The Hall–Kier alpha value is -2.09. The molecule has 26 heavy (non-hydrogen) atoms. The van der Waals surface area contributed by atoms with Crippen LogP contribution in [0.4, 0.5) is 0 Å². The molecule has 0 spiro atoms. The molecule has 0 aliphatic rings. The molecule has 2 aromatic heterocycles. The summed E-state index contributed by atoms with van der Waals surface area (Å²) in [5.74, 6) is -0.217. The van der Waals surface area contributed by atoms with E-state index in [0.717, 1.165) is 22.3 Å². The maximum Gasteiger partial charge on any atom is 0.253 e. The van der Waals surface area contributed by atoms with Crippen LogP contribution in [0.1, 0.15) is 28.9 Å². The summed E-state index contributed by atoms with van der Waals surface area (Å²) in [4.78, 5) is 16.8. The van der Waals surface area contributed by atoms with E-state index in [-0.39, 0.29) is 16.8 Å². The van der Waals surface area contributed by atoms with E-state index in [1.165, 1.54) is 11.3 Å². The molecule has 0 saturated heterocycles. The van der Waals surface area contributed by atoms with Crippen LogP contribution in [0.15, 0.2) is 53.7 Å². The van der Waals surface area contributed by atoms with Gasteiger partial charge in [-0.15, -0.1) is 11.3 Å². The summed E-state index contributed by atoms with van der Waals surface area (Å²) >= 11 is 7.39. The number of sulfone groups is 1. The zero-order valence-electron chi connectivity index (χ0n) is 14.1. The minimum Gasteiger partial charge on any atom is -0.366 e. The lowest BCUT2D eigenvalue weighted by Crippen LogP contribution is -2.26. The Balaban J connectivity index is 1.77. The molecule has 0 saturated carbocycles. The van der Waals surface area contributed by atoms with Gasteiger partial charge < -0.3 is 10.3 Å². The molecule has 0 bridgehead atoms. The molecule has 3 rings (SSSR count). The van der Waals surface area contributed by atoms with E-state index in [0.29, 0.717) is 9.90 Å². The van der Waals surface area contributed by atoms with Crippen LogP contribution in [0.2, 0.25) is 4.34 Å². The van der Waals surface area contributed by atoms with Gasteiger partial charge in [0.05, 0.1) is 20.8 Å². The number of aromatic amines is 1. The Bertz CT molecular complexity index is 1040. The minimum absolute atomic E-state index is 0.217. The van der Waals surface area contributed by atoms with Crippen molar-refractivity contribution < 1.29 is 13.2 Å². The Morgan fingerprint density at radius 3 is 2.42 bits per heavy atom. The van der Waals surface area contributed by atoms with E-state index < -0.39 is 9.84 Å². The van der Waals surface area contributed by atoms with Gasteiger partial charge in [0.25, 0.3) is 5.91 Å². The average molecular weight is 409 g/mol. The van der Waals surface area contributed by atoms with E-state index in [9.17, 15) is 13.2 Å². The van der Waals surface area contributed by atoms with Crippen molar-refractivity contribution in [2.45, 2.75) is 17.9 Å². The van der Waals surface area contributed by atoms with E-state index in [1.54, 1.807) is 42.7 Å². The van der Waals surface area contributed by atoms with Crippen molar-refractivity contribution >= 4 is 38.7 Å². The molecule has 1 unspecified atom stereocenters. The first-order valence-electron chi connectivity index (χ1n) is 7.79. The third-order valence-corrected chi connectivity index (χ3v) is 6.38. The fraction of sp³-hybridized carbons (Fsp3) is 0.167. The van der Waals surface area contributed by atoms with E-state index in [2.05, 4.69) is 10.3 Å². The second-order valence-corrected chi connectivity index (χ2v) is 9.65. The molecule has 8 heteroatoms. The molecule has 1 aromatic carbocycles. The highest BCUT2D eigenvalue weighted by Crippen LogP contribution is 2.33. The van der Waals surface area contributed by atoms with Crippen molar-refractivity contribution in [2.24, 2.45) is 0 Å². The molecule has 0 aliphatic heterocycles. The summed E-state index contributed by atoms with van der Waals surface area (Å²) in [5.41, 5.74) is 2.14. The van der Waals surface area contributed by atoms with Gasteiger partial charge in [0.2, 0.25) is 0 Å². The lowest BCUT2D eigenvalue weighted by atomic mass is 10.1. The number of rotatable bonds is 5. The average Bonchev–Trinajstić information content (AvgIpc) is 3.22. The second kappa shape index (κ2) is 7.26. The van der Waals surface area contributed by atoms with Crippen LogP contribution >= 0.6 is 22.9 Å². The zero-order chi connectivity index (χ0) is 18.9. The monoisotopic (exact) mass is 408 g/mol. The molecule has 0 radical (unpaired) electrons. The first-order valence-corrected chi connectivity index (χ1v) is 10.9. The summed E-state index contributed by atoms with van der Waals surface area (Å²) in [6.45, 7) is 1.85. The Morgan fingerprint density at radius 1 is 1.15 bits per heavy atom. The second-order valence-electron chi connectivity index (χ2n) is 5.92. The standard InChI is InChI=1S/C18H17ClN2O3S2/c1-11(12-3-5-13(6-4-12)26(2,23)24)21-18(22)15-10-20-9-14(15)16-7-8-17(19)25-16/h3-11,20H,1-2H3,(H,21,22). The quantitative estimate of drug-likeness (QED) is 0.660. The van der Waals surface area contributed by atoms with Crippen molar-refractivity contribution in [3.63, 3.8) is 0 Å². The molecular formula is C18H17ClN2O3S2. The van der Waals surface area contributed by atoms with E-state index in [4.69, 9.17) is 11.6 Å². The minimum atomic E-state index is -3.24. The number of benzene rings is 1. The largest absolute Gasteiger partial charge is 0.366 e. The number of amides is 1. The topological polar surface area (TPSA) is 79.0 Å². The highest BCUT2D eigenvalue weighted by molar-refractivity contribution is 7.90. The van der Waals surface area contributed by atoms with Crippen LogP contribution in [-0.2, 0) is 9.84 Å². The third kappa shape index (κ3) is 4.00. The Labute approximate surface area is 160 Å². The molecule has 1 amide bonds. The van der Waals surface area contributed by atoms with Crippen LogP contribution in [0.5, 0.6) is 0 Å². The number of nitrogens with one attached hydrogen (secondary N) is 2. The van der Waals surface area contributed by atoms with Gasteiger partial charge in [-0.3, -0.25) is 4.79 Å². The first kappa shape index (κ1) is 18.7. The molecule has 0 aliphatic carbocycles. The lowest BCUT2D eigenvalue weighted by molar-refractivity contribution is 0.0940. The highest BCUT2D eigenvalue weighted by atomic mass is 35.5. The van der Waals surface area contributed by atoms with E-state index in [1.807, 2.05) is 13.0 Å². The Morgan fingerprint density at radius 2 is 1.85 bits per heavy atom. The number of halogens is 1. The maximum absolute atomic E-state index is 12.7. The van der Waals surface area contributed by atoms with Crippen LogP contribution < -0.4 is 5.32 Å². The number of hydrogen-bond donors (Lipinski definition) is 2. The molecule has 3 aromatic rings. The van der Waals surface area contributed by atoms with Crippen molar-refractivity contribution in [2.75, 3.05) is 6.26 Å². The molecule has 2 heterocycles. The summed E-state index contributed by atoms with van der Waals surface area (Å²) < 4.78 is 23.7. The van der Waals surface area contributed by atoms with Gasteiger partial charge in [0.15, 0.2) is 9.84 Å². The predicted molar refractivity (Wildman–Crippen MR) is 105 cm³/mol. The normalized spacial score (nSPS) is 12.7. The SMILES string of the molecule is CC(NC(=O)c1c[nH]cc1-c1ccc(Cl)s1)c1ccc(S(C)(=O)=O)cc1. The van der Waals surface area contributed by atoms with Crippen LogP contribution in [0, 0.1) is 0 Å². The molecule has 5 nitrogen and oxygen atoms in total. The van der Waals surface area contributed by atoms with Gasteiger partial charge in [-0.25, -0.2) is 8.42 Å². The van der Waals surface area contributed by atoms with Gasteiger partial charge >= 0.3 is 0 Å². The van der Waals surface area contributed by atoms with Gasteiger partial charge in [-0.05, 0) is 36.8 Å². The highest BCUT2D eigenvalue weighted by Gasteiger charge is 2.18. The summed E-state index contributed by atoms with van der Waals surface area (Å²) in [6.07, 6.45) is 4.58. The fourth-order valence-corrected chi connectivity index (χ4v) is 4.28. The van der Waals surface area contributed by atoms with Gasteiger partial charge in [-0.2, -0.15) is 0 Å². The van der Waals surface area contributed by atoms with Crippen LogP contribution in [0.25, 0.3) is 10.4 Å². The van der Waals surface area contributed by atoms with Gasteiger partial charge in [0, 0.05) is 29.1 Å². The molecule has 136 valence electrons. The Kier molecular flexibility index (Phi) is 5.22. The van der Waals surface area contributed by atoms with Gasteiger partial charge in [0.1, 0.15) is 0 Å². The van der Waals surface area contributed by atoms with Crippen LogP contribution in [-0.4, -0.2) is 25.6 Å². The molecule has 1 atom stereocenters. The number of hydrogen-bond acceptors (Lipinski definition) is 4. The van der Waals surface area contributed by atoms with Crippen molar-refractivity contribution in [1.29, 1.82) is 0 Å². The zero-order valence-corrected chi connectivity index (χ0v) is 16.5. The molecular weight excluding hydrogens is 392 g/mol. The molecule has 0 fully saturated rings. The number of H-pyrrole nitrogens is 1. The summed E-state index contributed by atoms with van der Waals surface area (Å²) in [5, 5.41) is 2.94. The van der Waals surface area contributed by atoms with Crippen molar-refractivity contribution in [3.05, 3.63) is 64.3 Å². The van der Waals surface area contributed by atoms with E-state index >= 15 is 0 Å². The number of aromatic nitrogens is 1. The third-order valence-electron chi connectivity index (χ3n) is 3.98. The van der Waals surface area contributed by atoms with Crippen molar-refractivity contribution in [3.8, 4) is 10.4 Å². The molecule has 2 N–H and O–H groups in total. The predicted octanol–water partition coefficient (Wildman–Crippen LogP) is 4.29. The summed E-state index contributed by atoms with van der Waals surface area (Å²) in [7, 11) is -3.24. The number of carbonyl (C=O) groups excluding carboxylic acids is 1. The summed E-state index contributed by atoms with van der Waals surface area (Å²) in [6, 6.07) is 9.90. The van der Waals surface area contributed by atoms with Crippen LogP contribution in [0.3, 0.4) is 0 Å². The number of carbonyl (C=O) groups is 1. The van der Waals surface area contributed by atoms with Crippen molar-refractivity contribution in [1.82, 2.24) is 10.3 Å².